The van der Waals surface area contributed by atoms with E-state index < -0.39 is 0 Å². The van der Waals surface area contributed by atoms with Crippen LogP contribution in [0, 0.1) is 0 Å². The second-order valence-electron chi connectivity index (χ2n) is 4.09. The van der Waals surface area contributed by atoms with Gasteiger partial charge in [0.25, 0.3) is 0 Å². The van der Waals surface area contributed by atoms with E-state index in [1.54, 1.807) is 18.3 Å². The van der Waals surface area contributed by atoms with E-state index in [4.69, 9.17) is 27.9 Å². The van der Waals surface area contributed by atoms with Crippen LogP contribution >= 0.6 is 39.1 Å². The molecule has 1 heterocycles. The second kappa shape index (κ2) is 7.27. The minimum Gasteiger partial charge on any atom is -0.436 e. The van der Waals surface area contributed by atoms with Crippen LogP contribution in [0.1, 0.15) is 12.5 Å². The Kier molecular flexibility index (Phi) is 5.66. The molecule has 0 saturated heterocycles. The third-order valence-electron chi connectivity index (χ3n) is 2.54. The van der Waals surface area contributed by atoms with Crippen molar-refractivity contribution >= 4 is 39.1 Å². The molecular formula is C14H13BrCl2N2O. The number of ether oxygens (including phenoxy) is 1. The molecule has 0 aliphatic heterocycles. The highest BCUT2D eigenvalue weighted by molar-refractivity contribution is 9.10. The molecule has 20 heavy (non-hydrogen) atoms. The smallest absolute Gasteiger partial charge is 0.238 e. The summed E-state index contributed by atoms with van der Waals surface area (Å²) in [7, 11) is 0. The van der Waals surface area contributed by atoms with E-state index in [-0.39, 0.29) is 0 Å². The molecule has 0 amide bonds. The highest BCUT2D eigenvalue weighted by Crippen LogP contribution is 2.34. The van der Waals surface area contributed by atoms with E-state index in [9.17, 15) is 0 Å². The number of aromatic nitrogens is 1. The van der Waals surface area contributed by atoms with Crippen molar-refractivity contribution in [3.8, 4) is 11.6 Å². The van der Waals surface area contributed by atoms with Crippen molar-refractivity contribution in [1.29, 1.82) is 0 Å². The van der Waals surface area contributed by atoms with Crippen molar-refractivity contribution < 1.29 is 4.74 Å². The van der Waals surface area contributed by atoms with Crippen LogP contribution in [-0.2, 0) is 6.54 Å². The van der Waals surface area contributed by atoms with Crippen molar-refractivity contribution in [2.24, 2.45) is 0 Å². The number of hydrogen-bond donors (Lipinski definition) is 1. The van der Waals surface area contributed by atoms with E-state index in [0.29, 0.717) is 21.7 Å². The Morgan fingerprint density at radius 1 is 1.25 bits per heavy atom. The lowest BCUT2D eigenvalue weighted by Crippen LogP contribution is -2.11. The first-order valence-electron chi connectivity index (χ1n) is 6.08. The number of rotatable bonds is 5. The van der Waals surface area contributed by atoms with Gasteiger partial charge in [0.2, 0.25) is 5.88 Å². The van der Waals surface area contributed by atoms with Crippen LogP contribution in [0.15, 0.2) is 34.9 Å². The summed E-state index contributed by atoms with van der Waals surface area (Å²) in [6.07, 6.45) is 1.73. The molecule has 0 radical (unpaired) electrons. The molecule has 1 N–H and O–H groups in total. The number of nitrogens with zero attached hydrogens (tertiary/aromatic N) is 1. The summed E-state index contributed by atoms with van der Waals surface area (Å²) in [4.78, 5) is 4.23. The number of benzene rings is 1. The van der Waals surface area contributed by atoms with E-state index in [2.05, 4.69) is 26.2 Å². The van der Waals surface area contributed by atoms with Crippen LogP contribution in [0.5, 0.6) is 11.6 Å². The van der Waals surface area contributed by atoms with Crippen LogP contribution in [-0.4, -0.2) is 11.5 Å². The van der Waals surface area contributed by atoms with Crippen molar-refractivity contribution in [2.45, 2.75) is 13.5 Å². The van der Waals surface area contributed by atoms with E-state index >= 15 is 0 Å². The van der Waals surface area contributed by atoms with Crippen LogP contribution in [0.2, 0.25) is 10.0 Å². The third-order valence-corrected chi connectivity index (χ3v) is 3.62. The van der Waals surface area contributed by atoms with Gasteiger partial charge in [-0.25, -0.2) is 4.98 Å². The maximum atomic E-state index is 6.18. The molecular weight excluding hydrogens is 363 g/mol. The minimum absolute atomic E-state index is 0.340. The maximum absolute atomic E-state index is 6.18. The molecule has 2 rings (SSSR count). The van der Waals surface area contributed by atoms with Gasteiger partial charge >= 0.3 is 0 Å². The summed E-state index contributed by atoms with van der Waals surface area (Å²) in [6.45, 7) is 3.66. The highest BCUT2D eigenvalue weighted by Gasteiger charge is 2.09. The summed E-state index contributed by atoms with van der Waals surface area (Å²) in [5.41, 5.74) is 1.00. The van der Waals surface area contributed by atoms with Gasteiger partial charge in [0, 0.05) is 17.2 Å². The van der Waals surface area contributed by atoms with Gasteiger partial charge < -0.3 is 10.1 Å². The average Bonchev–Trinajstić information content (AvgIpc) is 2.43. The highest BCUT2D eigenvalue weighted by atomic mass is 79.9. The normalized spacial score (nSPS) is 10.6. The van der Waals surface area contributed by atoms with Gasteiger partial charge in [-0.1, -0.05) is 46.1 Å². The lowest BCUT2D eigenvalue weighted by Gasteiger charge is -2.10. The fourth-order valence-corrected chi connectivity index (χ4v) is 2.29. The molecule has 0 saturated carbocycles. The molecule has 0 spiro atoms. The molecule has 0 atom stereocenters. The van der Waals surface area contributed by atoms with E-state index in [0.717, 1.165) is 23.1 Å². The Balaban J connectivity index is 2.19. The first kappa shape index (κ1) is 15.6. The molecule has 0 aliphatic carbocycles. The van der Waals surface area contributed by atoms with Crippen molar-refractivity contribution in [3.63, 3.8) is 0 Å². The molecule has 0 unspecified atom stereocenters. The average molecular weight is 376 g/mol. The van der Waals surface area contributed by atoms with E-state index in [1.807, 2.05) is 19.1 Å². The largest absolute Gasteiger partial charge is 0.436 e. The standard InChI is InChI=1S/C14H13BrCl2N2O/c1-2-18-7-9-5-12(17)14(19-8-9)20-13-6-10(15)3-4-11(13)16/h3-6,8,18H,2,7H2,1H3. The predicted molar refractivity (Wildman–Crippen MR) is 85.9 cm³/mol. The maximum Gasteiger partial charge on any atom is 0.238 e. The number of nitrogens with one attached hydrogen (secondary N) is 1. The first-order valence-corrected chi connectivity index (χ1v) is 7.63. The van der Waals surface area contributed by atoms with Gasteiger partial charge in [-0.15, -0.1) is 0 Å². The quantitative estimate of drug-likeness (QED) is 0.793. The van der Waals surface area contributed by atoms with Crippen LogP contribution in [0.25, 0.3) is 0 Å². The molecule has 3 nitrogen and oxygen atoms in total. The summed E-state index contributed by atoms with van der Waals surface area (Å²) < 4.78 is 6.53. The fourth-order valence-electron chi connectivity index (χ4n) is 1.57. The Bertz CT molecular complexity index is 608. The Labute approximate surface area is 136 Å². The second-order valence-corrected chi connectivity index (χ2v) is 5.82. The van der Waals surface area contributed by atoms with Crippen LogP contribution in [0.3, 0.4) is 0 Å². The summed E-state index contributed by atoms with van der Waals surface area (Å²) in [5, 5.41) is 4.17. The van der Waals surface area contributed by atoms with Crippen LogP contribution < -0.4 is 10.1 Å². The monoisotopic (exact) mass is 374 g/mol. The molecule has 1 aromatic heterocycles. The SMILES string of the molecule is CCNCc1cnc(Oc2cc(Br)ccc2Cl)c(Cl)c1. The summed E-state index contributed by atoms with van der Waals surface area (Å²) >= 11 is 15.6. The first-order chi connectivity index (χ1) is 9.60. The number of pyridine rings is 1. The van der Waals surface area contributed by atoms with Crippen molar-refractivity contribution in [3.05, 3.63) is 50.5 Å². The van der Waals surface area contributed by atoms with Gasteiger partial charge in [0.1, 0.15) is 10.8 Å². The molecule has 0 fully saturated rings. The fraction of sp³-hybridized carbons (Fsp3) is 0.214. The Hall–Kier alpha value is -0.810. The zero-order valence-electron chi connectivity index (χ0n) is 10.8. The predicted octanol–water partition coefficient (Wildman–Crippen LogP) is 5.05. The van der Waals surface area contributed by atoms with Gasteiger partial charge in [-0.2, -0.15) is 0 Å². The van der Waals surface area contributed by atoms with Crippen LogP contribution in [0.4, 0.5) is 0 Å². The number of hydrogen-bond acceptors (Lipinski definition) is 3. The van der Waals surface area contributed by atoms with Gasteiger partial charge in [0.15, 0.2) is 0 Å². The summed E-state index contributed by atoms with van der Waals surface area (Å²) in [5.74, 6) is 0.849. The topological polar surface area (TPSA) is 34.2 Å². The van der Waals surface area contributed by atoms with E-state index in [1.165, 1.54) is 0 Å². The Morgan fingerprint density at radius 2 is 2.05 bits per heavy atom. The third kappa shape index (κ3) is 4.09. The lowest BCUT2D eigenvalue weighted by molar-refractivity contribution is 0.462. The molecule has 106 valence electrons. The summed E-state index contributed by atoms with van der Waals surface area (Å²) in [6, 6.07) is 7.18. The van der Waals surface area contributed by atoms with Crippen molar-refractivity contribution in [2.75, 3.05) is 6.54 Å². The Morgan fingerprint density at radius 3 is 2.75 bits per heavy atom. The zero-order chi connectivity index (χ0) is 14.5. The molecule has 2 aromatic rings. The molecule has 0 aliphatic rings. The number of halogens is 3. The lowest BCUT2D eigenvalue weighted by atomic mass is 10.3. The van der Waals surface area contributed by atoms with Gasteiger partial charge in [-0.05, 0) is 36.4 Å². The molecule has 1 aromatic carbocycles. The van der Waals surface area contributed by atoms with Gasteiger partial charge in [-0.3, -0.25) is 0 Å². The van der Waals surface area contributed by atoms with Gasteiger partial charge in [0.05, 0.1) is 5.02 Å². The molecule has 6 heteroatoms. The zero-order valence-corrected chi connectivity index (χ0v) is 13.9. The minimum atomic E-state index is 0.340. The molecule has 0 bridgehead atoms. The van der Waals surface area contributed by atoms with Crippen molar-refractivity contribution in [1.82, 2.24) is 10.3 Å².